The summed E-state index contributed by atoms with van der Waals surface area (Å²) in [6.07, 6.45) is 3.49. The molecule has 2 heterocycles. The first-order valence-corrected chi connectivity index (χ1v) is 6.35. The molecule has 1 N–H and O–H groups in total. The maximum atomic E-state index is 12.1. The van der Waals surface area contributed by atoms with Crippen LogP contribution in [0.25, 0.3) is 0 Å². The van der Waals surface area contributed by atoms with Gasteiger partial charge < -0.3 is 5.32 Å². The summed E-state index contributed by atoms with van der Waals surface area (Å²) in [5, 5.41) is 6.45. The third-order valence-electron chi connectivity index (χ3n) is 3.23. The number of rotatable bonds is 2. The first kappa shape index (κ1) is 12.2. The molecular formula is C11H20N4O2. The second-order valence-electron chi connectivity index (χ2n) is 4.41. The zero-order valence-corrected chi connectivity index (χ0v) is 10.3. The van der Waals surface area contributed by atoms with E-state index in [2.05, 4.69) is 10.3 Å². The molecule has 0 aliphatic carbocycles. The molecule has 2 rings (SSSR count). The van der Waals surface area contributed by atoms with Crippen LogP contribution in [-0.4, -0.2) is 59.7 Å². The van der Waals surface area contributed by atoms with Gasteiger partial charge in [0.05, 0.1) is 13.1 Å². The van der Waals surface area contributed by atoms with E-state index in [-0.39, 0.29) is 12.1 Å². The minimum absolute atomic E-state index is 0.183. The van der Waals surface area contributed by atoms with Gasteiger partial charge in [0.1, 0.15) is 0 Å². The smallest absolute Gasteiger partial charge is 0.338 e. The predicted molar refractivity (Wildman–Crippen MR) is 63.3 cm³/mol. The lowest BCUT2D eigenvalue weighted by atomic mass is 10.2. The second-order valence-corrected chi connectivity index (χ2v) is 4.41. The Hall–Kier alpha value is -1.30. The molecule has 0 spiro atoms. The summed E-state index contributed by atoms with van der Waals surface area (Å²) in [7, 11) is 0. The van der Waals surface area contributed by atoms with Crippen LogP contribution in [0.4, 0.5) is 9.59 Å². The van der Waals surface area contributed by atoms with Gasteiger partial charge in [0.2, 0.25) is 0 Å². The van der Waals surface area contributed by atoms with Crippen LogP contribution in [-0.2, 0) is 0 Å². The van der Waals surface area contributed by atoms with Crippen LogP contribution in [0.15, 0.2) is 0 Å². The number of urea groups is 2. The molecule has 6 heteroatoms. The van der Waals surface area contributed by atoms with Gasteiger partial charge in [0.25, 0.3) is 0 Å². The summed E-state index contributed by atoms with van der Waals surface area (Å²) in [4.78, 5) is 25.0. The second kappa shape index (κ2) is 5.35. The molecule has 0 aromatic carbocycles. The lowest BCUT2D eigenvalue weighted by Crippen LogP contribution is -2.49. The van der Waals surface area contributed by atoms with Crippen molar-refractivity contribution in [3.05, 3.63) is 0 Å². The number of amides is 4. The number of carbonyl (C=O) groups excluding carboxylic acids is 2. The lowest BCUT2D eigenvalue weighted by molar-refractivity contribution is 0.0132. The van der Waals surface area contributed by atoms with E-state index in [1.165, 1.54) is 11.3 Å². The number of hydrogen-bond acceptors (Lipinski definition) is 3. The topological polar surface area (TPSA) is 55.9 Å². The number of nitrogens with zero attached hydrogens (tertiary/aromatic N) is 3. The summed E-state index contributed by atoms with van der Waals surface area (Å²) in [5.41, 5.74) is 0. The van der Waals surface area contributed by atoms with Crippen molar-refractivity contribution in [1.29, 1.82) is 0 Å². The summed E-state index contributed by atoms with van der Waals surface area (Å²) < 4.78 is 0. The standard InChI is InChI=1S/C11H20N4O2/c1-2-12-10(16)14-8-9-15(11(14)17)13-6-4-3-5-7-13/h2-9H2,1H3,(H,12,16). The quantitative estimate of drug-likeness (QED) is 0.778. The van der Waals surface area contributed by atoms with Gasteiger partial charge in [-0.3, -0.25) is 5.01 Å². The number of nitrogens with one attached hydrogen (secondary N) is 1. The van der Waals surface area contributed by atoms with Crippen molar-refractivity contribution in [1.82, 2.24) is 20.2 Å². The average molecular weight is 240 g/mol. The fourth-order valence-electron chi connectivity index (χ4n) is 2.34. The molecule has 0 atom stereocenters. The maximum Gasteiger partial charge on any atom is 0.342 e. The van der Waals surface area contributed by atoms with E-state index in [0.717, 1.165) is 25.9 Å². The number of piperidine rings is 1. The summed E-state index contributed by atoms with van der Waals surface area (Å²) in [5.74, 6) is 0. The van der Waals surface area contributed by atoms with E-state index in [1.807, 2.05) is 6.92 Å². The normalized spacial score (nSPS) is 22.1. The Kier molecular flexibility index (Phi) is 3.83. The molecule has 0 aromatic rings. The van der Waals surface area contributed by atoms with Crippen molar-refractivity contribution in [3.63, 3.8) is 0 Å². The van der Waals surface area contributed by atoms with Crippen molar-refractivity contribution in [2.45, 2.75) is 26.2 Å². The Labute approximate surface area is 101 Å². The molecule has 0 saturated carbocycles. The van der Waals surface area contributed by atoms with Crippen molar-refractivity contribution in [3.8, 4) is 0 Å². The minimum atomic E-state index is -0.281. The number of hydrazine groups is 1. The third kappa shape index (κ3) is 2.52. The molecule has 2 fully saturated rings. The molecule has 17 heavy (non-hydrogen) atoms. The number of imide groups is 1. The van der Waals surface area contributed by atoms with Crippen LogP contribution >= 0.6 is 0 Å². The highest BCUT2D eigenvalue weighted by Crippen LogP contribution is 2.17. The predicted octanol–water partition coefficient (Wildman–Crippen LogP) is 0.854. The third-order valence-corrected chi connectivity index (χ3v) is 3.23. The largest absolute Gasteiger partial charge is 0.342 e. The Morgan fingerprint density at radius 2 is 1.88 bits per heavy atom. The Morgan fingerprint density at radius 3 is 2.53 bits per heavy atom. The highest BCUT2D eigenvalue weighted by atomic mass is 16.2. The average Bonchev–Trinajstić information content (AvgIpc) is 2.72. The van der Waals surface area contributed by atoms with Gasteiger partial charge in [-0.25, -0.2) is 19.5 Å². The fraction of sp³-hybridized carbons (Fsp3) is 0.818. The van der Waals surface area contributed by atoms with Crippen molar-refractivity contribution < 1.29 is 9.59 Å². The first-order valence-electron chi connectivity index (χ1n) is 6.35. The van der Waals surface area contributed by atoms with E-state index in [1.54, 1.807) is 5.01 Å². The highest BCUT2D eigenvalue weighted by Gasteiger charge is 2.36. The SMILES string of the molecule is CCNC(=O)N1CCN(N2CCCCC2)C1=O. The van der Waals surface area contributed by atoms with Crippen LogP contribution in [0.5, 0.6) is 0 Å². The van der Waals surface area contributed by atoms with Crippen molar-refractivity contribution >= 4 is 12.1 Å². The highest BCUT2D eigenvalue weighted by molar-refractivity contribution is 5.94. The number of carbonyl (C=O) groups is 2. The van der Waals surface area contributed by atoms with E-state index in [9.17, 15) is 9.59 Å². The fourth-order valence-corrected chi connectivity index (χ4v) is 2.34. The van der Waals surface area contributed by atoms with Gasteiger partial charge >= 0.3 is 12.1 Å². The summed E-state index contributed by atoms with van der Waals surface area (Å²) in [6.45, 7) is 5.36. The van der Waals surface area contributed by atoms with E-state index < -0.39 is 0 Å². The molecule has 0 radical (unpaired) electrons. The monoisotopic (exact) mass is 240 g/mol. The summed E-state index contributed by atoms with van der Waals surface area (Å²) in [6, 6.07) is -0.463. The molecule has 0 aromatic heterocycles. The molecule has 2 aliphatic heterocycles. The van der Waals surface area contributed by atoms with Gasteiger partial charge in [-0.1, -0.05) is 6.42 Å². The Bertz CT molecular complexity index is 302. The van der Waals surface area contributed by atoms with Gasteiger partial charge in [-0.05, 0) is 19.8 Å². The zero-order valence-electron chi connectivity index (χ0n) is 10.3. The zero-order chi connectivity index (χ0) is 12.3. The van der Waals surface area contributed by atoms with Crippen LogP contribution in [0.3, 0.4) is 0 Å². The molecular weight excluding hydrogens is 220 g/mol. The first-order chi connectivity index (χ1) is 8.24. The molecule has 96 valence electrons. The Balaban J connectivity index is 1.94. The van der Waals surface area contributed by atoms with Gasteiger partial charge in [0.15, 0.2) is 0 Å². The van der Waals surface area contributed by atoms with Gasteiger partial charge in [0, 0.05) is 19.6 Å². The maximum absolute atomic E-state index is 12.1. The van der Waals surface area contributed by atoms with Crippen molar-refractivity contribution in [2.24, 2.45) is 0 Å². The Morgan fingerprint density at radius 1 is 1.18 bits per heavy atom. The van der Waals surface area contributed by atoms with E-state index in [0.29, 0.717) is 19.6 Å². The lowest BCUT2D eigenvalue weighted by Gasteiger charge is -2.34. The molecule has 0 bridgehead atoms. The van der Waals surface area contributed by atoms with Gasteiger partial charge in [-0.2, -0.15) is 0 Å². The van der Waals surface area contributed by atoms with Crippen molar-refractivity contribution in [2.75, 3.05) is 32.7 Å². The van der Waals surface area contributed by atoms with Crippen LogP contribution in [0.2, 0.25) is 0 Å². The summed E-state index contributed by atoms with van der Waals surface area (Å²) >= 11 is 0. The van der Waals surface area contributed by atoms with Crippen LogP contribution in [0.1, 0.15) is 26.2 Å². The molecule has 0 unspecified atom stereocenters. The van der Waals surface area contributed by atoms with Gasteiger partial charge in [-0.15, -0.1) is 0 Å². The molecule has 4 amide bonds. The molecule has 2 saturated heterocycles. The van der Waals surface area contributed by atoms with E-state index >= 15 is 0 Å². The van der Waals surface area contributed by atoms with Crippen LogP contribution < -0.4 is 5.32 Å². The number of hydrogen-bond donors (Lipinski definition) is 1. The van der Waals surface area contributed by atoms with E-state index in [4.69, 9.17) is 0 Å². The minimum Gasteiger partial charge on any atom is -0.338 e. The molecule has 2 aliphatic rings. The van der Waals surface area contributed by atoms with Crippen LogP contribution in [0, 0.1) is 0 Å². The molecule has 6 nitrogen and oxygen atoms in total.